The summed E-state index contributed by atoms with van der Waals surface area (Å²) >= 11 is 0. The smallest absolute Gasteiger partial charge is 0.338 e. The van der Waals surface area contributed by atoms with E-state index in [1.165, 1.54) is 7.11 Å². The van der Waals surface area contributed by atoms with Crippen LogP contribution in [0.25, 0.3) is 0 Å². The molecule has 10 atom stereocenters. The number of ketones is 1. The van der Waals surface area contributed by atoms with Gasteiger partial charge in [-0.25, -0.2) is 9.59 Å². The summed E-state index contributed by atoms with van der Waals surface area (Å²) in [5, 5.41) is 0. The Bertz CT molecular complexity index is 1440. The van der Waals surface area contributed by atoms with E-state index in [1.54, 1.807) is 24.3 Å². The average molecular weight is 629 g/mol. The van der Waals surface area contributed by atoms with E-state index < -0.39 is 0 Å². The van der Waals surface area contributed by atoms with Crippen LogP contribution in [-0.2, 0) is 23.8 Å². The Morgan fingerprint density at radius 1 is 0.870 bits per heavy atom. The Hall–Kier alpha value is -3.48. The first-order valence-corrected chi connectivity index (χ1v) is 17.2. The first-order chi connectivity index (χ1) is 22.1. The van der Waals surface area contributed by atoms with Crippen molar-refractivity contribution < 1.29 is 33.4 Å². The quantitative estimate of drug-likeness (QED) is 0.221. The predicted octanol–water partition coefficient (Wildman–Crippen LogP) is 7.47. The maximum atomic E-state index is 13.7. The van der Waals surface area contributed by atoms with E-state index in [1.807, 2.05) is 36.4 Å². The van der Waals surface area contributed by atoms with E-state index in [9.17, 15) is 19.2 Å². The van der Waals surface area contributed by atoms with Crippen LogP contribution >= 0.6 is 0 Å². The van der Waals surface area contributed by atoms with Gasteiger partial charge in [-0.2, -0.15) is 0 Å². The van der Waals surface area contributed by atoms with E-state index in [-0.39, 0.29) is 82.2 Å². The molecule has 7 heteroatoms. The molecule has 0 aromatic heterocycles. The molecular formula is C39H48O7. The molecule has 0 N–H and O–H groups in total. The van der Waals surface area contributed by atoms with E-state index >= 15 is 0 Å². The molecule has 0 heterocycles. The van der Waals surface area contributed by atoms with Gasteiger partial charge >= 0.3 is 17.9 Å². The standard InChI is InChI=1S/C39H48O7/c1-24(15-18-34(41)44-4)29-16-17-30-35-31(23-33(39(29,30)3)46-37(43)26-13-9-6-10-14-26)38(2)20-19-28(40)21-27(38)22-32(35)45-36(42)25-11-7-5-8-12-25/h5-14,24,27,29-33,35H,15-23H2,1-4H3/t24?,27?,29?,30?,31?,32-,33+,35?,38+,39-/m1/s1. The number of carbonyl (C=O) groups is 4. The topological polar surface area (TPSA) is 96.0 Å². The number of hydrogen-bond donors (Lipinski definition) is 0. The van der Waals surface area contributed by atoms with Crippen LogP contribution in [0.5, 0.6) is 0 Å². The molecule has 0 radical (unpaired) electrons. The van der Waals surface area contributed by atoms with Crippen molar-refractivity contribution in [3.63, 3.8) is 0 Å². The van der Waals surface area contributed by atoms with E-state index in [4.69, 9.17) is 14.2 Å². The number of methoxy groups -OCH3 is 1. The van der Waals surface area contributed by atoms with Gasteiger partial charge in [0.25, 0.3) is 0 Å². The number of carbonyl (C=O) groups excluding carboxylic acids is 4. The molecule has 0 aliphatic heterocycles. The van der Waals surface area contributed by atoms with E-state index in [2.05, 4.69) is 20.8 Å². The number of benzene rings is 2. The van der Waals surface area contributed by atoms with E-state index in [0.29, 0.717) is 49.7 Å². The SMILES string of the molecule is COC(=O)CCC(C)C1CCC2C3C(C[C@H](OC(=O)c4ccccc4)[C@]12C)[C@@]1(C)CCC(=O)CC1C[C@H]3OC(=O)c1ccccc1. The molecule has 4 fully saturated rings. The van der Waals surface area contributed by atoms with Crippen LogP contribution in [0.3, 0.4) is 0 Å². The van der Waals surface area contributed by atoms with Crippen LogP contribution in [0.2, 0.25) is 0 Å². The largest absolute Gasteiger partial charge is 0.469 e. The molecule has 46 heavy (non-hydrogen) atoms. The minimum absolute atomic E-state index is 0.0802. The average Bonchev–Trinajstić information content (AvgIpc) is 3.43. The van der Waals surface area contributed by atoms with Gasteiger partial charge in [-0.3, -0.25) is 9.59 Å². The molecule has 7 nitrogen and oxygen atoms in total. The van der Waals surface area contributed by atoms with Gasteiger partial charge in [0.1, 0.15) is 18.0 Å². The minimum Gasteiger partial charge on any atom is -0.469 e. The van der Waals surface area contributed by atoms with Crippen molar-refractivity contribution in [2.45, 2.75) is 90.8 Å². The fourth-order valence-electron chi connectivity index (χ4n) is 10.4. The third-order valence-corrected chi connectivity index (χ3v) is 12.9. The van der Waals surface area contributed by atoms with Crippen molar-refractivity contribution in [3.8, 4) is 0 Å². The highest BCUT2D eigenvalue weighted by atomic mass is 16.6. The summed E-state index contributed by atoms with van der Waals surface area (Å²) in [6, 6.07) is 18.3. The van der Waals surface area contributed by atoms with Crippen molar-refractivity contribution in [1.29, 1.82) is 0 Å². The molecule has 6 unspecified atom stereocenters. The van der Waals surface area contributed by atoms with E-state index in [0.717, 1.165) is 19.3 Å². The van der Waals surface area contributed by atoms with Gasteiger partial charge in [-0.1, -0.05) is 57.2 Å². The van der Waals surface area contributed by atoms with Crippen molar-refractivity contribution in [3.05, 3.63) is 71.8 Å². The van der Waals surface area contributed by atoms with Crippen molar-refractivity contribution in [2.24, 2.45) is 46.3 Å². The Kier molecular flexibility index (Phi) is 9.15. The Morgan fingerprint density at radius 3 is 2.13 bits per heavy atom. The highest BCUT2D eigenvalue weighted by Gasteiger charge is 2.67. The minimum atomic E-state index is -0.383. The van der Waals surface area contributed by atoms with Gasteiger partial charge in [0, 0.05) is 30.6 Å². The zero-order valence-electron chi connectivity index (χ0n) is 27.6. The van der Waals surface area contributed by atoms with Gasteiger partial charge in [-0.05, 0) is 97.8 Å². The monoisotopic (exact) mass is 628 g/mol. The second-order valence-electron chi connectivity index (χ2n) is 14.9. The Morgan fingerprint density at radius 2 is 1.50 bits per heavy atom. The number of rotatable bonds is 8. The van der Waals surface area contributed by atoms with Crippen molar-refractivity contribution in [1.82, 2.24) is 0 Å². The van der Waals surface area contributed by atoms with Crippen LogP contribution in [0.1, 0.15) is 99.3 Å². The summed E-state index contributed by atoms with van der Waals surface area (Å²) in [7, 11) is 1.42. The van der Waals surface area contributed by atoms with Crippen molar-refractivity contribution >= 4 is 23.7 Å². The number of Topliss-reactive ketones (excluding diaryl/α,β-unsaturated/α-hetero) is 1. The summed E-state index contributed by atoms with van der Waals surface area (Å²) in [4.78, 5) is 52.2. The van der Waals surface area contributed by atoms with Crippen LogP contribution in [0.4, 0.5) is 0 Å². The lowest BCUT2D eigenvalue weighted by atomic mass is 9.43. The molecule has 6 rings (SSSR count). The van der Waals surface area contributed by atoms with Gasteiger partial charge in [0.05, 0.1) is 18.2 Å². The number of fused-ring (bicyclic) bond motifs is 5. The molecule has 0 spiro atoms. The first-order valence-electron chi connectivity index (χ1n) is 17.2. The predicted molar refractivity (Wildman–Crippen MR) is 173 cm³/mol. The second kappa shape index (κ2) is 13.0. The highest BCUT2D eigenvalue weighted by molar-refractivity contribution is 5.90. The molecule has 2 aromatic rings. The van der Waals surface area contributed by atoms with Crippen molar-refractivity contribution in [2.75, 3.05) is 7.11 Å². The summed E-state index contributed by atoms with van der Waals surface area (Å²) in [6.07, 6.45) is 5.45. The molecule has 4 aliphatic carbocycles. The number of esters is 3. The zero-order chi connectivity index (χ0) is 32.6. The van der Waals surface area contributed by atoms with Crippen LogP contribution in [0, 0.1) is 46.3 Å². The number of ether oxygens (including phenoxy) is 3. The van der Waals surface area contributed by atoms with Gasteiger partial charge in [0.2, 0.25) is 0 Å². The van der Waals surface area contributed by atoms with Crippen LogP contribution < -0.4 is 0 Å². The lowest BCUT2D eigenvalue weighted by Crippen LogP contribution is -2.63. The Balaban J connectivity index is 1.39. The summed E-state index contributed by atoms with van der Waals surface area (Å²) in [5.74, 6) is 0.295. The summed E-state index contributed by atoms with van der Waals surface area (Å²) in [6.45, 7) is 6.83. The van der Waals surface area contributed by atoms with Gasteiger partial charge in [0.15, 0.2) is 0 Å². The normalized spacial score (nSPS) is 35.6. The Labute approximate surface area is 272 Å². The molecule has 0 bridgehead atoms. The zero-order valence-corrected chi connectivity index (χ0v) is 27.6. The third kappa shape index (κ3) is 5.79. The fourth-order valence-corrected chi connectivity index (χ4v) is 10.4. The first kappa shape index (κ1) is 32.5. The molecular weight excluding hydrogens is 580 g/mol. The molecule has 4 saturated carbocycles. The lowest BCUT2D eigenvalue weighted by molar-refractivity contribution is -0.201. The summed E-state index contributed by atoms with van der Waals surface area (Å²) < 4.78 is 18.0. The highest BCUT2D eigenvalue weighted by Crippen LogP contribution is 2.69. The maximum Gasteiger partial charge on any atom is 0.338 e. The lowest BCUT2D eigenvalue weighted by Gasteiger charge is -2.63. The van der Waals surface area contributed by atoms with Gasteiger partial charge < -0.3 is 14.2 Å². The molecule has 0 amide bonds. The molecule has 2 aromatic carbocycles. The van der Waals surface area contributed by atoms with Crippen LogP contribution in [0.15, 0.2) is 60.7 Å². The second-order valence-corrected chi connectivity index (χ2v) is 14.9. The molecule has 0 saturated heterocycles. The van der Waals surface area contributed by atoms with Crippen LogP contribution in [-0.4, -0.2) is 43.0 Å². The molecule has 246 valence electrons. The third-order valence-electron chi connectivity index (χ3n) is 12.9. The fraction of sp³-hybridized carbons (Fsp3) is 0.590. The number of hydrogen-bond acceptors (Lipinski definition) is 7. The maximum absolute atomic E-state index is 13.7. The molecule has 4 aliphatic rings. The van der Waals surface area contributed by atoms with Gasteiger partial charge in [-0.15, -0.1) is 0 Å². The summed E-state index contributed by atoms with van der Waals surface area (Å²) in [5.41, 5.74) is 0.554.